The number of urea groups is 1. The summed E-state index contributed by atoms with van der Waals surface area (Å²) in [6, 6.07) is 7.06. The fourth-order valence-corrected chi connectivity index (χ4v) is 2.72. The Labute approximate surface area is 130 Å². The lowest BCUT2D eigenvalue weighted by atomic mass is 9.91. The summed E-state index contributed by atoms with van der Waals surface area (Å²) in [5, 5.41) is 11.8. The average Bonchev–Trinajstić information content (AvgIpc) is 3.26. The van der Waals surface area contributed by atoms with Gasteiger partial charge in [-0.25, -0.2) is 9.59 Å². The van der Waals surface area contributed by atoms with Crippen molar-refractivity contribution >= 4 is 12.0 Å². The van der Waals surface area contributed by atoms with E-state index in [-0.39, 0.29) is 11.6 Å². The zero-order valence-electron chi connectivity index (χ0n) is 12.6. The highest BCUT2D eigenvalue weighted by molar-refractivity contribution is 5.87. The Morgan fingerprint density at radius 2 is 1.82 bits per heavy atom. The number of carbonyl (C=O) groups is 2. The van der Waals surface area contributed by atoms with Gasteiger partial charge in [-0.3, -0.25) is 0 Å². The molecule has 0 atom stereocenters. The van der Waals surface area contributed by atoms with E-state index in [0.717, 1.165) is 24.9 Å². The smallest absolute Gasteiger partial charge is 0.335 e. The maximum absolute atomic E-state index is 12.4. The van der Waals surface area contributed by atoms with E-state index in [1.54, 1.807) is 24.3 Å². The molecule has 2 fully saturated rings. The molecule has 5 nitrogen and oxygen atoms in total. The Balaban J connectivity index is 1.54. The number of aromatic carboxylic acids is 1. The van der Waals surface area contributed by atoms with Crippen molar-refractivity contribution < 1.29 is 14.7 Å². The molecule has 22 heavy (non-hydrogen) atoms. The minimum atomic E-state index is -0.934. The van der Waals surface area contributed by atoms with Crippen LogP contribution in [0.4, 0.5) is 4.79 Å². The maximum atomic E-state index is 12.4. The van der Waals surface area contributed by atoms with E-state index in [2.05, 4.69) is 5.32 Å². The number of amides is 2. The topological polar surface area (TPSA) is 69.6 Å². The van der Waals surface area contributed by atoms with Crippen molar-refractivity contribution in [1.82, 2.24) is 10.2 Å². The van der Waals surface area contributed by atoms with E-state index < -0.39 is 5.97 Å². The van der Waals surface area contributed by atoms with E-state index in [0.29, 0.717) is 18.5 Å². The number of carboxylic acids is 1. The third kappa shape index (κ3) is 3.59. The Kier molecular flexibility index (Phi) is 4.32. The van der Waals surface area contributed by atoms with Gasteiger partial charge in [0.2, 0.25) is 0 Å². The van der Waals surface area contributed by atoms with Crippen LogP contribution >= 0.6 is 0 Å². The van der Waals surface area contributed by atoms with Crippen LogP contribution in [0, 0.1) is 5.92 Å². The number of benzene rings is 1. The van der Waals surface area contributed by atoms with Gasteiger partial charge < -0.3 is 15.3 Å². The molecule has 0 saturated heterocycles. The summed E-state index contributed by atoms with van der Waals surface area (Å²) in [5.41, 5.74) is 1.18. The van der Waals surface area contributed by atoms with Gasteiger partial charge in [-0.05, 0) is 55.7 Å². The Bertz CT molecular complexity index is 548. The summed E-state index contributed by atoms with van der Waals surface area (Å²) >= 11 is 0. The van der Waals surface area contributed by atoms with Gasteiger partial charge >= 0.3 is 12.0 Å². The van der Waals surface area contributed by atoms with Gasteiger partial charge in [0.25, 0.3) is 0 Å². The molecular formula is C17H22N2O3. The van der Waals surface area contributed by atoms with Crippen molar-refractivity contribution in [2.75, 3.05) is 6.54 Å². The molecule has 0 radical (unpaired) electrons. The van der Waals surface area contributed by atoms with Crippen molar-refractivity contribution in [2.45, 2.75) is 44.7 Å². The second kappa shape index (κ2) is 6.38. The number of carbonyl (C=O) groups excluding carboxylic acids is 1. The van der Waals surface area contributed by atoms with Crippen LogP contribution in [0.25, 0.3) is 0 Å². The van der Waals surface area contributed by atoms with Crippen LogP contribution in [0.2, 0.25) is 0 Å². The lowest BCUT2D eigenvalue weighted by Crippen LogP contribution is -2.49. The highest BCUT2D eigenvalue weighted by atomic mass is 16.4. The number of hydrogen-bond donors (Lipinski definition) is 2. The van der Waals surface area contributed by atoms with Crippen molar-refractivity contribution in [3.8, 4) is 0 Å². The first-order valence-corrected chi connectivity index (χ1v) is 8.00. The monoisotopic (exact) mass is 302 g/mol. The number of nitrogens with zero attached hydrogens (tertiary/aromatic N) is 1. The molecular weight excluding hydrogens is 280 g/mol. The molecule has 0 aliphatic heterocycles. The molecule has 1 aromatic carbocycles. The summed E-state index contributed by atoms with van der Waals surface area (Å²) in [4.78, 5) is 25.2. The van der Waals surface area contributed by atoms with E-state index in [1.807, 2.05) is 4.90 Å². The molecule has 0 bridgehead atoms. The molecule has 2 aliphatic rings. The highest BCUT2D eigenvalue weighted by Crippen LogP contribution is 2.33. The van der Waals surface area contributed by atoms with Gasteiger partial charge in [-0.15, -0.1) is 0 Å². The molecule has 2 N–H and O–H groups in total. The quantitative estimate of drug-likeness (QED) is 0.849. The molecule has 0 aromatic heterocycles. The third-order valence-electron chi connectivity index (χ3n) is 4.57. The largest absolute Gasteiger partial charge is 0.478 e. The molecule has 2 aliphatic carbocycles. The zero-order valence-corrected chi connectivity index (χ0v) is 12.6. The first-order chi connectivity index (χ1) is 10.6. The number of rotatable bonds is 6. The lowest BCUT2D eigenvalue weighted by molar-refractivity contribution is 0.0696. The Hall–Kier alpha value is -2.04. The van der Waals surface area contributed by atoms with Gasteiger partial charge in [0.15, 0.2) is 0 Å². The summed E-state index contributed by atoms with van der Waals surface area (Å²) in [6.07, 6.45) is 5.94. The standard InChI is InChI=1S/C17H22N2O3/c20-16(21)14-8-6-12(7-9-14)10-18-17(22)19(11-13-4-5-13)15-2-1-3-15/h6-9,13,15H,1-5,10-11H2,(H,18,22)(H,20,21). The van der Waals surface area contributed by atoms with Crippen molar-refractivity contribution in [3.05, 3.63) is 35.4 Å². The first-order valence-electron chi connectivity index (χ1n) is 8.00. The summed E-state index contributed by atoms with van der Waals surface area (Å²) in [7, 11) is 0. The molecule has 1 aromatic rings. The normalized spacial score (nSPS) is 17.6. The number of hydrogen-bond acceptors (Lipinski definition) is 2. The second-order valence-electron chi connectivity index (χ2n) is 6.34. The van der Waals surface area contributed by atoms with Crippen LogP contribution in [-0.4, -0.2) is 34.6 Å². The highest BCUT2D eigenvalue weighted by Gasteiger charge is 2.33. The minimum Gasteiger partial charge on any atom is -0.478 e. The second-order valence-corrected chi connectivity index (χ2v) is 6.34. The van der Waals surface area contributed by atoms with Gasteiger partial charge in [0.05, 0.1) is 5.56 Å². The van der Waals surface area contributed by atoms with Crippen molar-refractivity contribution in [1.29, 1.82) is 0 Å². The minimum absolute atomic E-state index is 0.0129. The van der Waals surface area contributed by atoms with Gasteiger partial charge in [0, 0.05) is 19.1 Å². The summed E-state index contributed by atoms with van der Waals surface area (Å²) < 4.78 is 0. The molecule has 118 valence electrons. The molecule has 2 saturated carbocycles. The average molecular weight is 302 g/mol. The van der Waals surface area contributed by atoms with Crippen LogP contribution in [-0.2, 0) is 6.54 Å². The van der Waals surface area contributed by atoms with Crippen molar-refractivity contribution in [3.63, 3.8) is 0 Å². The van der Waals surface area contributed by atoms with Crippen LogP contribution in [0.1, 0.15) is 48.0 Å². The predicted octanol–water partition coefficient (Wildman–Crippen LogP) is 2.86. The van der Waals surface area contributed by atoms with E-state index in [4.69, 9.17) is 5.11 Å². The molecule has 0 heterocycles. The maximum Gasteiger partial charge on any atom is 0.335 e. The van der Waals surface area contributed by atoms with Crippen LogP contribution < -0.4 is 5.32 Å². The Morgan fingerprint density at radius 3 is 2.32 bits per heavy atom. The van der Waals surface area contributed by atoms with Gasteiger partial charge in [-0.2, -0.15) is 0 Å². The first kappa shape index (κ1) is 14.9. The SMILES string of the molecule is O=C(O)c1ccc(CNC(=O)N(CC2CC2)C2CCC2)cc1. The zero-order chi connectivity index (χ0) is 15.5. The summed E-state index contributed by atoms with van der Waals surface area (Å²) in [5.74, 6) is -0.239. The third-order valence-corrected chi connectivity index (χ3v) is 4.57. The van der Waals surface area contributed by atoms with Crippen molar-refractivity contribution in [2.24, 2.45) is 5.92 Å². The summed E-state index contributed by atoms with van der Waals surface area (Å²) in [6.45, 7) is 1.32. The van der Waals surface area contributed by atoms with Gasteiger partial charge in [0.1, 0.15) is 0 Å². The fraction of sp³-hybridized carbons (Fsp3) is 0.529. The molecule has 3 rings (SSSR count). The predicted molar refractivity (Wildman–Crippen MR) is 82.7 cm³/mol. The van der Waals surface area contributed by atoms with E-state index >= 15 is 0 Å². The van der Waals surface area contributed by atoms with E-state index in [9.17, 15) is 9.59 Å². The van der Waals surface area contributed by atoms with Crippen LogP contribution in [0.3, 0.4) is 0 Å². The van der Waals surface area contributed by atoms with Gasteiger partial charge in [-0.1, -0.05) is 12.1 Å². The van der Waals surface area contributed by atoms with Crippen LogP contribution in [0.15, 0.2) is 24.3 Å². The van der Waals surface area contributed by atoms with E-state index in [1.165, 1.54) is 19.3 Å². The molecule has 2 amide bonds. The Morgan fingerprint density at radius 1 is 1.14 bits per heavy atom. The number of carboxylic acid groups (broad SMARTS) is 1. The number of nitrogens with one attached hydrogen (secondary N) is 1. The molecule has 5 heteroatoms. The molecule has 0 unspecified atom stereocenters. The lowest BCUT2D eigenvalue weighted by Gasteiger charge is -2.37. The van der Waals surface area contributed by atoms with Crippen LogP contribution in [0.5, 0.6) is 0 Å². The fourth-order valence-electron chi connectivity index (χ4n) is 2.72. The molecule has 0 spiro atoms.